The molecule has 0 spiro atoms. The maximum absolute atomic E-state index is 11.3. The minimum atomic E-state index is 0.105. The standard InChI is InChI=1S/C11H12N2O/c1-7-9(8(2)14)4-5-11-10(7)6-12-13(11)3/h4-6H,1-3H3. The van der Waals surface area contributed by atoms with Gasteiger partial charge in [-0.2, -0.15) is 5.10 Å². The number of ketones is 1. The van der Waals surface area contributed by atoms with Gasteiger partial charge in [-0.15, -0.1) is 0 Å². The van der Waals surface area contributed by atoms with Crippen molar-refractivity contribution in [3.05, 3.63) is 29.5 Å². The van der Waals surface area contributed by atoms with Crippen molar-refractivity contribution in [2.45, 2.75) is 13.8 Å². The molecule has 14 heavy (non-hydrogen) atoms. The van der Waals surface area contributed by atoms with Crippen LogP contribution in [0.25, 0.3) is 10.9 Å². The fourth-order valence-corrected chi connectivity index (χ4v) is 1.75. The van der Waals surface area contributed by atoms with Gasteiger partial charge in [0.05, 0.1) is 11.7 Å². The molecule has 1 aromatic heterocycles. The van der Waals surface area contributed by atoms with Crippen LogP contribution in [0.3, 0.4) is 0 Å². The first kappa shape index (κ1) is 8.94. The van der Waals surface area contributed by atoms with Gasteiger partial charge in [0.1, 0.15) is 0 Å². The second-order valence-corrected chi connectivity index (χ2v) is 3.50. The van der Waals surface area contributed by atoms with Crippen molar-refractivity contribution in [3.63, 3.8) is 0 Å². The van der Waals surface area contributed by atoms with Crippen LogP contribution in [0.4, 0.5) is 0 Å². The summed E-state index contributed by atoms with van der Waals surface area (Å²) in [7, 11) is 1.90. The summed E-state index contributed by atoms with van der Waals surface area (Å²) in [6, 6.07) is 3.80. The first-order valence-corrected chi connectivity index (χ1v) is 4.53. The highest BCUT2D eigenvalue weighted by atomic mass is 16.1. The van der Waals surface area contributed by atoms with Gasteiger partial charge in [0.25, 0.3) is 0 Å². The van der Waals surface area contributed by atoms with Crippen LogP contribution in [0.5, 0.6) is 0 Å². The minimum absolute atomic E-state index is 0.105. The smallest absolute Gasteiger partial charge is 0.160 e. The van der Waals surface area contributed by atoms with Gasteiger partial charge in [-0.25, -0.2) is 0 Å². The van der Waals surface area contributed by atoms with Crippen LogP contribution in [-0.2, 0) is 7.05 Å². The third-order valence-electron chi connectivity index (χ3n) is 2.58. The van der Waals surface area contributed by atoms with Crippen molar-refractivity contribution in [1.29, 1.82) is 0 Å². The number of nitrogens with zero attached hydrogens (tertiary/aromatic N) is 2. The van der Waals surface area contributed by atoms with Gasteiger partial charge in [0, 0.05) is 18.0 Å². The molecule has 0 radical (unpaired) electrons. The zero-order chi connectivity index (χ0) is 10.3. The predicted molar refractivity (Wildman–Crippen MR) is 55.5 cm³/mol. The average Bonchev–Trinajstić information content (AvgIpc) is 2.49. The van der Waals surface area contributed by atoms with E-state index in [-0.39, 0.29) is 5.78 Å². The summed E-state index contributed by atoms with van der Waals surface area (Å²) in [5, 5.41) is 5.22. The molecule has 1 aromatic carbocycles. The van der Waals surface area contributed by atoms with Crippen molar-refractivity contribution in [1.82, 2.24) is 9.78 Å². The zero-order valence-corrected chi connectivity index (χ0v) is 8.53. The van der Waals surface area contributed by atoms with Gasteiger partial charge in [-0.1, -0.05) is 0 Å². The molecule has 72 valence electrons. The number of carbonyl (C=O) groups is 1. The third-order valence-corrected chi connectivity index (χ3v) is 2.58. The van der Waals surface area contributed by atoms with E-state index in [1.807, 2.05) is 30.8 Å². The molecule has 0 atom stereocenters. The number of benzene rings is 1. The van der Waals surface area contributed by atoms with Crippen molar-refractivity contribution in [2.75, 3.05) is 0 Å². The lowest BCUT2D eigenvalue weighted by Gasteiger charge is -2.03. The molecule has 0 bridgehead atoms. The van der Waals surface area contributed by atoms with E-state index < -0.39 is 0 Å². The van der Waals surface area contributed by atoms with E-state index in [4.69, 9.17) is 0 Å². The summed E-state index contributed by atoms with van der Waals surface area (Å²) in [6.07, 6.45) is 1.80. The van der Waals surface area contributed by atoms with Crippen LogP contribution in [0.2, 0.25) is 0 Å². The van der Waals surface area contributed by atoms with E-state index in [2.05, 4.69) is 5.10 Å². The van der Waals surface area contributed by atoms with Gasteiger partial charge >= 0.3 is 0 Å². The fourth-order valence-electron chi connectivity index (χ4n) is 1.75. The molecule has 2 aromatic rings. The molecule has 0 aliphatic carbocycles. The molecule has 0 fully saturated rings. The molecule has 0 saturated carbocycles. The molecular formula is C11H12N2O. The number of aromatic nitrogens is 2. The second kappa shape index (κ2) is 2.94. The Balaban J connectivity index is 2.82. The molecular weight excluding hydrogens is 176 g/mol. The van der Waals surface area contributed by atoms with Gasteiger partial charge in [-0.3, -0.25) is 9.48 Å². The maximum Gasteiger partial charge on any atom is 0.160 e. The first-order chi connectivity index (χ1) is 6.61. The quantitative estimate of drug-likeness (QED) is 0.642. The Bertz CT molecular complexity index is 511. The van der Waals surface area contributed by atoms with E-state index >= 15 is 0 Å². The van der Waals surface area contributed by atoms with Gasteiger partial charge in [0.15, 0.2) is 5.78 Å². The highest BCUT2D eigenvalue weighted by molar-refractivity contribution is 6.00. The average molecular weight is 188 g/mol. The predicted octanol–water partition coefficient (Wildman–Crippen LogP) is 2.08. The maximum atomic E-state index is 11.3. The highest BCUT2D eigenvalue weighted by Gasteiger charge is 2.09. The summed E-state index contributed by atoms with van der Waals surface area (Å²) in [5.41, 5.74) is 2.86. The van der Waals surface area contributed by atoms with Gasteiger partial charge in [-0.05, 0) is 31.5 Å². The van der Waals surface area contributed by atoms with Crippen LogP contribution in [0, 0.1) is 6.92 Å². The summed E-state index contributed by atoms with van der Waals surface area (Å²) in [6.45, 7) is 3.55. The van der Waals surface area contributed by atoms with Crippen molar-refractivity contribution in [2.24, 2.45) is 7.05 Å². The zero-order valence-electron chi connectivity index (χ0n) is 8.53. The van der Waals surface area contributed by atoms with Crippen LogP contribution in [0.15, 0.2) is 18.3 Å². The lowest BCUT2D eigenvalue weighted by Crippen LogP contribution is -1.96. The Morgan fingerprint density at radius 2 is 2.14 bits per heavy atom. The SMILES string of the molecule is CC(=O)c1ccc2c(cnn2C)c1C. The van der Waals surface area contributed by atoms with Crippen LogP contribution >= 0.6 is 0 Å². The number of carbonyl (C=O) groups excluding carboxylic acids is 1. The molecule has 2 rings (SSSR count). The number of fused-ring (bicyclic) bond motifs is 1. The molecule has 0 saturated heterocycles. The van der Waals surface area contributed by atoms with Crippen molar-refractivity contribution < 1.29 is 4.79 Å². The fraction of sp³-hybridized carbons (Fsp3) is 0.273. The number of hydrogen-bond donors (Lipinski definition) is 0. The number of rotatable bonds is 1. The van der Waals surface area contributed by atoms with E-state index in [9.17, 15) is 4.79 Å². The number of aryl methyl sites for hydroxylation is 2. The highest BCUT2D eigenvalue weighted by Crippen LogP contribution is 2.21. The largest absolute Gasteiger partial charge is 0.295 e. The molecule has 0 aliphatic heterocycles. The normalized spacial score (nSPS) is 10.8. The lowest BCUT2D eigenvalue weighted by molar-refractivity contribution is 0.101. The van der Waals surface area contributed by atoms with Crippen LogP contribution in [0.1, 0.15) is 22.8 Å². The summed E-state index contributed by atoms with van der Waals surface area (Å²) < 4.78 is 1.81. The summed E-state index contributed by atoms with van der Waals surface area (Å²) in [5.74, 6) is 0.105. The molecule has 0 N–H and O–H groups in total. The minimum Gasteiger partial charge on any atom is -0.295 e. The second-order valence-electron chi connectivity index (χ2n) is 3.50. The number of Topliss-reactive ketones (excluding diaryl/α,β-unsaturated/α-hetero) is 1. The Morgan fingerprint density at radius 3 is 2.79 bits per heavy atom. The van der Waals surface area contributed by atoms with E-state index in [1.165, 1.54) is 0 Å². The van der Waals surface area contributed by atoms with Gasteiger partial charge < -0.3 is 0 Å². The number of hydrogen-bond acceptors (Lipinski definition) is 2. The lowest BCUT2D eigenvalue weighted by atomic mass is 10.0. The summed E-state index contributed by atoms with van der Waals surface area (Å²) in [4.78, 5) is 11.3. The third kappa shape index (κ3) is 1.13. The molecule has 0 unspecified atom stereocenters. The van der Waals surface area contributed by atoms with Gasteiger partial charge in [0.2, 0.25) is 0 Å². The molecule has 3 heteroatoms. The monoisotopic (exact) mass is 188 g/mol. The van der Waals surface area contributed by atoms with Crippen LogP contribution in [-0.4, -0.2) is 15.6 Å². The van der Waals surface area contributed by atoms with Crippen molar-refractivity contribution >= 4 is 16.7 Å². The molecule has 0 amide bonds. The van der Waals surface area contributed by atoms with Crippen molar-refractivity contribution in [3.8, 4) is 0 Å². The molecule has 1 heterocycles. The Morgan fingerprint density at radius 1 is 1.43 bits per heavy atom. The van der Waals surface area contributed by atoms with E-state index in [0.29, 0.717) is 0 Å². The van der Waals surface area contributed by atoms with E-state index in [0.717, 1.165) is 22.0 Å². The Kier molecular flexibility index (Phi) is 1.88. The van der Waals surface area contributed by atoms with Crippen LogP contribution < -0.4 is 0 Å². The molecule has 0 aliphatic rings. The molecule has 3 nitrogen and oxygen atoms in total. The van der Waals surface area contributed by atoms with E-state index in [1.54, 1.807) is 13.1 Å². The topological polar surface area (TPSA) is 34.9 Å². The Labute approximate surface area is 82.3 Å². The Hall–Kier alpha value is -1.64. The summed E-state index contributed by atoms with van der Waals surface area (Å²) >= 11 is 0. The first-order valence-electron chi connectivity index (χ1n) is 4.53.